The van der Waals surface area contributed by atoms with Crippen molar-refractivity contribution in [2.24, 2.45) is 7.05 Å². The molecule has 0 aliphatic carbocycles. The molecule has 0 aliphatic heterocycles. The van der Waals surface area contributed by atoms with Crippen molar-refractivity contribution < 1.29 is 37.0 Å². The summed E-state index contributed by atoms with van der Waals surface area (Å²) in [5, 5.41) is 11.4. The Morgan fingerprint density at radius 2 is 1.52 bits per heavy atom. The molecule has 0 radical (unpaired) electrons. The Balaban J connectivity index is 1.28. The largest absolute Gasteiger partial charge is 0.444 e. The molecule has 0 aliphatic rings. The fraction of sp³-hybridized carbons (Fsp3) is 0.414. The lowest BCUT2D eigenvalue weighted by Gasteiger charge is -2.19. The first-order valence-corrected chi connectivity index (χ1v) is 13.4. The second kappa shape index (κ2) is 12.8. The first kappa shape index (κ1) is 30.8. The Hall–Kier alpha value is -4.10. The van der Waals surface area contributed by atoms with E-state index in [-0.39, 0.29) is 19.1 Å². The summed E-state index contributed by atoms with van der Waals surface area (Å²) in [5.74, 6) is -0.288. The summed E-state index contributed by atoms with van der Waals surface area (Å²) in [6.45, 7) is 7.20. The van der Waals surface area contributed by atoms with Gasteiger partial charge >= 0.3 is 12.3 Å². The van der Waals surface area contributed by atoms with Crippen molar-refractivity contribution in [1.82, 2.24) is 25.0 Å². The zero-order valence-electron chi connectivity index (χ0n) is 23.9. The lowest BCUT2D eigenvalue weighted by molar-refractivity contribution is -0.137. The van der Waals surface area contributed by atoms with Gasteiger partial charge in [-0.15, -0.1) is 0 Å². The molecule has 0 spiro atoms. The molecule has 2 amide bonds. The van der Waals surface area contributed by atoms with Gasteiger partial charge in [-0.05, 0) is 63.2 Å². The number of benzene rings is 2. The molecule has 0 atom stereocenters. The molecule has 2 aromatic carbocycles. The van der Waals surface area contributed by atoms with Crippen LogP contribution in [0.5, 0.6) is 0 Å². The highest BCUT2D eigenvalue weighted by Crippen LogP contribution is 2.34. The van der Waals surface area contributed by atoms with Gasteiger partial charge in [-0.25, -0.2) is 4.79 Å². The van der Waals surface area contributed by atoms with Gasteiger partial charge in [0.1, 0.15) is 5.60 Å². The van der Waals surface area contributed by atoms with Crippen LogP contribution in [-0.4, -0.2) is 71.5 Å². The number of ether oxygens (including phenoxy) is 3. The third-order valence-electron chi connectivity index (χ3n) is 6.08. The number of amides is 2. The first-order chi connectivity index (χ1) is 19.8. The van der Waals surface area contributed by atoms with E-state index < -0.39 is 23.4 Å². The minimum absolute atomic E-state index is 0.282. The number of halogens is 3. The van der Waals surface area contributed by atoms with E-state index in [0.717, 1.165) is 22.9 Å². The van der Waals surface area contributed by atoms with Crippen LogP contribution in [0.15, 0.2) is 48.7 Å². The molecule has 4 aromatic rings. The topological polar surface area (TPSA) is 109 Å². The fourth-order valence-electron chi connectivity index (χ4n) is 4.30. The highest BCUT2D eigenvalue weighted by atomic mass is 19.4. The molecule has 2 N–H and O–H groups in total. The molecule has 0 bridgehead atoms. The molecular formula is C29H34F3N5O5. The van der Waals surface area contributed by atoms with Crippen molar-refractivity contribution in [1.29, 1.82) is 0 Å². The van der Waals surface area contributed by atoms with Gasteiger partial charge in [-0.1, -0.05) is 0 Å². The van der Waals surface area contributed by atoms with Gasteiger partial charge in [0, 0.05) is 48.4 Å². The number of aromatic nitrogens is 3. The Bertz CT molecular complexity index is 1540. The third kappa shape index (κ3) is 7.79. The lowest BCUT2D eigenvalue weighted by atomic mass is 10.1. The van der Waals surface area contributed by atoms with Crippen LogP contribution in [0.2, 0.25) is 0 Å². The number of alkyl carbamates (subject to hydrolysis) is 1. The Kier molecular flexibility index (Phi) is 9.42. The van der Waals surface area contributed by atoms with Crippen molar-refractivity contribution in [2.45, 2.75) is 32.5 Å². The van der Waals surface area contributed by atoms with E-state index in [1.807, 2.05) is 6.20 Å². The zero-order valence-corrected chi connectivity index (χ0v) is 23.9. The summed E-state index contributed by atoms with van der Waals surface area (Å²) in [5.41, 5.74) is 0.952. The second-order valence-corrected chi connectivity index (χ2v) is 10.6. The van der Waals surface area contributed by atoms with E-state index in [2.05, 4.69) is 15.7 Å². The fourth-order valence-corrected chi connectivity index (χ4v) is 4.30. The first-order valence-electron chi connectivity index (χ1n) is 13.4. The van der Waals surface area contributed by atoms with Crippen LogP contribution in [0.3, 0.4) is 0 Å². The predicted octanol–water partition coefficient (Wildman–Crippen LogP) is 4.82. The van der Waals surface area contributed by atoms with Crippen LogP contribution in [0.1, 0.15) is 36.7 Å². The number of fused-ring (bicyclic) bond motifs is 3. The van der Waals surface area contributed by atoms with Crippen molar-refractivity contribution in [2.75, 3.05) is 39.5 Å². The molecule has 0 saturated carbocycles. The normalized spacial score (nSPS) is 12.2. The molecule has 2 heterocycles. The van der Waals surface area contributed by atoms with Gasteiger partial charge in [0.05, 0.1) is 37.5 Å². The predicted molar refractivity (Wildman–Crippen MR) is 151 cm³/mol. The molecular weight excluding hydrogens is 555 g/mol. The van der Waals surface area contributed by atoms with Crippen molar-refractivity contribution in [3.63, 3.8) is 0 Å². The minimum atomic E-state index is -4.43. The standard InChI is InChI=1S/C29H34F3N5O5/c1-28(2,3)42-27(39)34-12-14-41-16-15-40-13-11-33-26(38)19-5-10-24-22(17-19)23-18-36(4)35-25(23)37(24)21-8-6-20(7-9-21)29(30,31)32/h5-10,17-18H,11-16H2,1-4H3,(H,33,38)(H,34,39). The van der Waals surface area contributed by atoms with Crippen LogP contribution in [-0.2, 0) is 27.4 Å². The zero-order chi connectivity index (χ0) is 30.5. The van der Waals surface area contributed by atoms with Crippen LogP contribution in [0.4, 0.5) is 18.0 Å². The third-order valence-corrected chi connectivity index (χ3v) is 6.08. The second-order valence-electron chi connectivity index (χ2n) is 10.6. The lowest BCUT2D eigenvalue weighted by Crippen LogP contribution is -2.34. The molecule has 2 aromatic heterocycles. The van der Waals surface area contributed by atoms with Crippen molar-refractivity contribution >= 4 is 33.9 Å². The number of carbonyl (C=O) groups excluding carboxylic acids is 2. The van der Waals surface area contributed by atoms with Gasteiger partial charge in [0.15, 0.2) is 5.65 Å². The number of alkyl halides is 3. The Labute approximate surface area is 240 Å². The number of rotatable bonds is 11. The van der Waals surface area contributed by atoms with Crippen LogP contribution in [0.25, 0.3) is 27.6 Å². The van der Waals surface area contributed by atoms with Crippen molar-refractivity contribution in [3.8, 4) is 5.69 Å². The highest BCUT2D eigenvalue weighted by Gasteiger charge is 2.30. The number of carbonyl (C=O) groups is 2. The van der Waals surface area contributed by atoms with E-state index in [0.29, 0.717) is 48.8 Å². The summed E-state index contributed by atoms with van der Waals surface area (Å²) >= 11 is 0. The van der Waals surface area contributed by atoms with Gasteiger partial charge in [-0.2, -0.15) is 18.3 Å². The maximum Gasteiger partial charge on any atom is 0.416 e. The number of aryl methyl sites for hydroxylation is 1. The minimum Gasteiger partial charge on any atom is -0.444 e. The Morgan fingerprint density at radius 3 is 2.14 bits per heavy atom. The number of nitrogens with one attached hydrogen (secondary N) is 2. The van der Waals surface area contributed by atoms with Gasteiger partial charge in [0.2, 0.25) is 0 Å². The average molecular weight is 590 g/mol. The maximum absolute atomic E-state index is 13.1. The van der Waals surface area contributed by atoms with Gasteiger partial charge in [0.25, 0.3) is 5.91 Å². The maximum atomic E-state index is 13.1. The molecule has 42 heavy (non-hydrogen) atoms. The summed E-state index contributed by atoms with van der Waals surface area (Å²) < 4.78 is 58.6. The van der Waals surface area contributed by atoms with Crippen LogP contribution in [0, 0.1) is 0 Å². The summed E-state index contributed by atoms with van der Waals surface area (Å²) in [4.78, 5) is 24.4. The van der Waals surface area contributed by atoms with E-state index in [1.165, 1.54) is 12.1 Å². The van der Waals surface area contributed by atoms with Crippen LogP contribution < -0.4 is 10.6 Å². The molecule has 0 saturated heterocycles. The number of nitrogens with zero attached hydrogens (tertiary/aromatic N) is 3. The Morgan fingerprint density at radius 1 is 0.881 bits per heavy atom. The van der Waals surface area contributed by atoms with E-state index in [1.54, 1.807) is 55.3 Å². The quantitative estimate of drug-likeness (QED) is 0.243. The number of hydrogen-bond acceptors (Lipinski definition) is 6. The summed E-state index contributed by atoms with van der Waals surface area (Å²) in [6, 6.07) is 10.1. The SMILES string of the molecule is Cn1cc2c3cc(C(=O)NCCOCCOCCNC(=O)OC(C)(C)C)ccc3n(-c3ccc(C(F)(F)F)cc3)c2n1. The number of hydrogen-bond donors (Lipinski definition) is 2. The average Bonchev–Trinajstić information content (AvgIpc) is 3.42. The summed E-state index contributed by atoms with van der Waals surface area (Å²) in [7, 11) is 1.76. The highest BCUT2D eigenvalue weighted by molar-refractivity contribution is 6.10. The monoisotopic (exact) mass is 589 g/mol. The molecule has 4 rings (SSSR count). The molecule has 13 heteroatoms. The molecule has 226 valence electrons. The van der Waals surface area contributed by atoms with Crippen LogP contribution >= 0.6 is 0 Å². The van der Waals surface area contributed by atoms with Gasteiger partial charge in [-0.3, -0.25) is 14.0 Å². The summed E-state index contributed by atoms with van der Waals surface area (Å²) in [6.07, 6.45) is -3.12. The van der Waals surface area contributed by atoms with Crippen molar-refractivity contribution in [3.05, 3.63) is 59.8 Å². The molecule has 0 fully saturated rings. The smallest absolute Gasteiger partial charge is 0.416 e. The molecule has 0 unspecified atom stereocenters. The molecule has 10 nitrogen and oxygen atoms in total. The van der Waals surface area contributed by atoms with E-state index in [4.69, 9.17) is 14.2 Å². The van der Waals surface area contributed by atoms with Gasteiger partial charge < -0.3 is 24.8 Å². The van der Waals surface area contributed by atoms with E-state index in [9.17, 15) is 22.8 Å². The van der Waals surface area contributed by atoms with E-state index >= 15 is 0 Å².